The number of esters is 1. The minimum atomic E-state index is -0.983. The third-order valence-electron chi connectivity index (χ3n) is 10.4. The van der Waals surface area contributed by atoms with Crippen LogP contribution in [0.1, 0.15) is 73.1 Å². The summed E-state index contributed by atoms with van der Waals surface area (Å²) < 4.78 is 85.2. The molecule has 78 heavy (non-hydrogen) atoms. The predicted octanol–water partition coefficient (Wildman–Crippen LogP) is 8.88. The lowest BCUT2D eigenvalue weighted by Crippen LogP contribution is -2.31. The van der Waals surface area contributed by atoms with Crippen molar-refractivity contribution >= 4 is 17.5 Å². The molecular formula is C58H74F4O16. The van der Waals surface area contributed by atoms with Crippen molar-refractivity contribution in [3.05, 3.63) is 145 Å². The predicted molar refractivity (Wildman–Crippen MR) is 281 cm³/mol. The number of ether oxygens (including phenoxy) is 7. The first-order valence-electron chi connectivity index (χ1n) is 25.3. The Labute approximate surface area is 453 Å². The molecule has 0 aliphatic carbocycles. The van der Waals surface area contributed by atoms with E-state index in [-0.39, 0.29) is 85.3 Å². The number of phenols is 2. The standard InChI is InChI=1S/C15H20O6.C12H17FO3.C12H15FO3.C9H9FO2.C6H5FO.C4H8O/c1-3-20-15(19)14(10(2)16)8-12(18)9-21-13-6-4-11(17)5-7-13;2*1-9(14)2-5-11(15)8-16-12-6-3-10(13)4-7-12;10-7-1-3-8(4-2-7)11-5-9-6-12-9;7-5-1-3-6(8)4-2-5;1-2-4-3-5-4/h4-7,12,14,17-18H,3,8-9H2,1-2H3;3-4,6-7,9,11,14-15H,2,5,8H2,1H3;3-4,6-7,11,15H,2,5,8H2,1H3;1-4,9H,5-6H2;1-4,8H;4H,2-3H2,1H3/t;9?,11-;11-;9-;;4-/m.001.1/s1. The van der Waals surface area contributed by atoms with Gasteiger partial charge in [0.2, 0.25) is 0 Å². The van der Waals surface area contributed by atoms with E-state index in [9.17, 15) is 47.3 Å². The fourth-order valence-corrected chi connectivity index (χ4v) is 5.79. The molecule has 430 valence electrons. The molecule has 0 radical (unpaired) electrons. The Morgan fingerprint density at radius 2 is 0.897 bits per heavy atom. The molecule has 20 heteroatoms. The molecule has 0 aromatic heterocycles. The van der Waals surface area contributed by atoms with Gasteiger partial charge in [0.05, 0.1) is 50.3 Å². The number of rotatable bonds is 24. The molecule has 16 nitrogen and oxygen atoms in total. The number of ketones is 2. The SMILES string of the molecule is CC(=O)CC[C@H](O)COc1ccc(F)cc1.CC(O)CC[C@H](O)COc1ccc(F)cc1.CCOC(=O)C(CC(O)COc1ccc(O)cc1)C(C)=O.CC[C@@H]1CO1.Fc1ccc(OC[C@@H]2CO2)cc1.Oc1ccc(F)cc1. The molecule has 5 aromatic carbocycles. The molecule has 6 N–H and O–H groups in total. The van der Waals surface area contributed by atoms with Crippen LogP contribution in [-0.4, -0.2) is 131 Å². The van der Waals surface area contributed by atoms with Gasteiger partial charge < -0.3 is 68.6 Å². The monoisotopic (exact) mass is 1100 g/mol. The number of aromatic hydroxyl groups is 2. The molecule has 2 aliphatic heterocycles. The molecule has 7 rings (SSSR count). The Bertz CT molecular complexity index is 2350. The van der Waals surface area contributed by atoms with Gasteiger partial charge in [-0.25, -0.2) is 17.6 Å². The van der Waals surface area contributed by atoms with Crippen LogP contribution in [0, 0.1) is 29.2 Å². The highest BCUT2D eigenvalue weighted by atomic mass is 19.1. The maximum Gasteiger partial charge on any atom is 0.316 e. The quantitative estimate of drug-likeness (QED) is 0.0146. The molecule has 2 heterocycles. The van der Waals surface area contributed by atoms with Gasteiger partial charge in [-0.15, -0.1) is 0 Å². The highest BCUT2D eigenvalue weighted by Gasteiger charge is 2.28. The minimum absolute atomic E-state index is 0.0424. The zero-order valence-electron chi connectivity index (χ0n) is 44.6. The summed E-state index contributed by atoms with van der Waals surface area (Å²) in [6, 6.07) is 28.2. The summed E-state index contributed by atoms with van der Waals surface area (Å²) in [6.07, 6.45) is 1.10. The van der Waals surface area contributed by atoms with Crippen molar-refractivity contribution < 1.29 is 95.7 Å². The number of aliphatic hydroxyl groups excluding tert-OH is 4. The first kappa shape index (κ1) is 67.3. The Balaban J connectivity index is 0.000000333. The first-order chi connectivity index (χ1) is 37.1. The van der Waals surface area contributed by atoms with Crippen molar-refractivity contribution in [2.75, 3.05) is 46.2 Å². The number of carbonyl (C=O) groups excluding carboxylic acids is 3. The lowest BCUT2D eigenvalue weighted by Gasteiger charge is -2.17. The molecule has 2 fully saturated rings. The third kappa shape index (κ3) is 34.8. The van der Waals surface area contributed by atoms with Gasteiger partial charge in [-0.1, -0.05) is 6.92 Å². The molecule has 0 spiro atoms. The Morgan fingerprint density at radius 1 is 0.538 bits per heavy atom. The average Bonchev–Trinajstić information content (AvgIpc) is 4.37. The maximum absolute atomic E-state index is 12.6. The van der Waals surface area contributed by atoms with Crippen LogP contribution in [-0.2, 0) is 28.6 Å². The second-order valence-corrected chi connectivity index (χ2v) is 17.7. The maximum atomic E-state index is 12.6. The van der Waals surface area contributed by atoms with Crippen molar-refractivity contribution in [3.8, 4) is 34.5 Å². The van der Waals surface area contributed by atoms with E-state index in [1.54, 1.807) is 38.1 Å². The molecule has 2 saturated heterocycles. The number of phenolic OH excluding ortho intramolecular Hbond substituents is 2. The zero-order valence-corrected chi connectivity index (χ0v) is 44.6. The third-order valence-corrected chi connectivity index (χ3v) is 10.4. The fourth-order valence-electron chi connectivity index (χ4n) is 5.79. The van der Waals surface area contributed by atoms with E-state index in [1.807, 2.05) is 0 Å². The average molecular weight is 1100 g/mol. The lowest BCUT2D eigenvalue weighted by atomic mass is 9.98. The van der Waals surface area contributed by atoms with Gasteiger partial charge in [0.1, 0.15) is 108 Å². The molecule has 0 saturated carbocycles. The molecular weight excluding hydrogens is 1030 g/mol. The minimum Gasteiger partial charge on any atom is -0.508 e. The van der Waals surface area contributed by atoms with Crippen LogP contribution in [0.15, 0.2) is 121 Å². The van der Waals surface area contributed by atoms with Gasteiger partial charge in [0, 0.05) is 6.42 Å². The largest absolute Gasteiger partial charge is 0.508 e. The molecule has 2 aliphatic rings. The van der Waals surface area contributed by atoms with Crippen LogP contribution in [0.4, 0.5) is 17.6 Å². The second-order valence-electron chi connectivity index (χ2n) is 17.7. The Morgan fingerprint density at radius 3 is 1.23 bits per heavy atom. The molecule has 0 amide bonds. The molecule has 7 atom stereocenters. The van der Waals surface area contributed by atoms with Crippen LogP contribution >= 0.6 is 0 Å². The highest BCUT2D eigenvalue weighted by molar-refractivity contribution is 5.97. The van der Waals surface area contributed by atoms with Gasteiger partial charge in [0.15, 0.2) is 0 Å². The number of carbonyl (C=O) groups is 3. The van der Waals surface area contributed by atoms with Crippen molar-refractivity contribution in [1.29, 1.82) is 0 Å². The van der Waals surface area contributed by atoms with Crippen LogP contribution in [0.2, 0.25) is 0 Å². The summed E-state index contributed by atoms with van der Waals surface area (Å²) in [7, 11) is 0. The summed E-state index contributed by atoms with van der Waals surface area (Å²) in [5.41, 5.74) is 0. The van der Waals surface area contributed by atoms with E-state index in [2.05, 4.69) is 6.92 Å². The van der Waals surface area contributed by atoms with E-state index in [0.717, 1.165) is 13.2 Å². The van der Waals surface area contributed by atoms with Crippen LogP contribution in [0.3, 0.4) is 0 Å². The molecule has 0 bridgehead atoms. The number of hydrogen-bond acceptors (Lipinski definition) is 16. The van der Waals surface area contributed by atoms with Crippen LogP contribution < -0.4 is 18.9 Å². The lowest BCUT2D eigenvalue weighted by molar-refractivity contribution is -0.152. The van der Waals surface area contributed by atoms with Gasteiger partial charge in [0.25, 0.3) is 0 Å². The van der Waals surface area contributed by atoms with Crippen molar-refractivity contribution in [3.63, 3.8) is 0 Å². The summed E-state index contributed by atoms with van der Waals surface area (Å²) in [5.74, 6) is -0.752. The van der Waals surface area contributed by atoms with Gasteiger partial charge in [-0.2, -0.15) is 0 Å². The number of aliphatic hydroxyl groups is 4. The highest BCUT2D eigenvalue weighted by Crippen LogP contribution is 2.19. The Kier molecular flexibility index (Phi) is 33.4. The van der Waals surface area contributed by atoms with Crippen LogP contribution in [0.5, 0.6) is 34.5 Å². The fraction of sp³-hybridized carbons (Fsp3) is 0.431. The molecule has 3 unspecified atom stereocenters. The zero-order chi connectivity index (χ0) is 57.8. The number of hydrogen-bond donors (Lipinski definition) is 6. The first-order valence-corrected chi connectivity index (χ1v) is 25.3. The smallest absolute Gasteiger partial charge is 0.316 e. The summed E-state index contributed by atoms with van der Waals surface area (Å²) in [6.45, 7) is 11.0. The van der Waals surface area contributed by atoms with E-state index >= 15 is 0 Å². The van der Waals surface area contributed by atoms with E-state index in [4.69, 9.17) is 48.5 Å². The molecule has 5 aromatic rings. The van der Waals surface area contributed by atoms with Gasteiger partial charge in [-0.05, 0) is 181 Å². The van der Waals surface area contributed by atoms with Gasteiger partial charge >= 0.3 is 5.97 Å². The topological polar surface area (TPSA) is 244 Å². The summed E-state index contributed by atoms with van der Waals surface area (Å²) >= 11 is 0. The van der Waals surface area contributed by atoms with E-state index in [1.165, 1.54) is 117 Å². The van der Waals surface area contributed by atoms with Crippen LogP contribution in [0.25, 0.3) is 0 Å². The summed E-state index contributed by atoms with van der Waals surface area (Å²) in [4.78, 5) is 33.7. The van der Waals surface area contributed by atoms with Crippen molar-refractivity contribution in [2.45, 2.75) is 110 Å². The van der Waals surface area contributed by atoms with Crippen molar-refractivity contribution in [2.24, 2.45) is 5.92 Å². The van der Waals surface area contributed by atoms with Gasteiger partial charge in [-0.3, -0.25) is 9.59 Å². The van der Waals surface area contributed by atoms with E-state index in [0.29, 0.717) is 61.4 Å². The number of Topliss-reactive ketones (excluding diaryl/α,β-unsaturated/α-hetero) is 2. The second kappa shape index (κ2) is 38.7. The number of halogens is 4. The van der Waals surface area contributed by atoms with Crippen molar-refractivity contribution in [1.82, 2.24) is 0 Å². The number of epoxide rings is 2. The Hall–Kier alpha value is -6.81. The van der Waals surface area contributed by atoms with E-state index < -0.39 is 36.3 Å². The number of benzene rings is 5. The summed E-state index contributed by atoms with van der Waals surface area (Å²) in [5, 5.41) is 55.6. The normalized spacial score (nSPS) is 15.3.